The van der Waals surface area contributed by atoms with Crippen molar-refractivity contribution < 1.29 is 14.0 Å². The van der Waals surface area contributed by atoms with Gasteiger partial charge in [0.15, 0.2) is 0 Å². The molecule has 0 aromatic heterocycles. The summed E-state index contributed by atoms with van der Waals surface area (Å²) in [7, 11) is -2.89. The Balaban J connectivity index is 1.54. The van der Waals surface area contributed by atoms with E-state index in [2.05, 4.69) is 0 Å². The maximum absolute atomic E-state index is 13.0. The van der Waals surface area contributed by atoms with Gasteiger partial charge in [-0.1, -0.05) is 30.3 Å². The highest BCUT2D eigenvalue weighted by molar-refractivity contribution is 7.54. The van der Waals surface area contributed by atoms with Gasteiger partial charge >= 0.3 is 7.67 Å². The molecule has 0 saturated carbocycles. The van der Waals surface area contributed by atoms with Gasteiger partial charge in [0.2, 0.25) is 0 Å². The Labute approximate surface area is 151 Å². The zero-order valence-corrected chi connectivity index (χ0v) is 15.2. The van der Waals surface area contributed by atoms with Crippen molar-refractivity contribution in [1.29, 1.82) is 0 Å². The summed E-state index contributed by atoms with van der Waals surface area (Å²) in [4.78, 5) is 11.0. The summed E-state index contributed by atoms with van der Waals surface area (Å²) in [5.41, 5.74) is 2.53. The number of hydrogen-bond acceptors (Lipinski definition) is 4. The number of rotatable bonds is 8. The van der Waals surface area contributed by atoms with E-state index < -0.39 is 7.67 Å². The molecule has 0 spiro atoms. The van der Waals surface area contributed by atoms with Crippen LogP contribution in [0.3, 0.4) is 0 Å². The largest absolute Gasteiger partial charge is 0.346 e. The van der Waals surface area contributed by atoms with Crippen LogP contribution in [0, 0.1) is 10.1 Å². The Morgan fingerprint density at radius 2 is 1.65 bits per heavy atom. The lowest BCUT2D eigenvalue weighted by atomic mass is 10.0. The van der Waals surface area contributed by atoms with Crippen LogP contribution in [0.2, 0.25) is 0 Å². The lowest BCUT2D eigenvalue weighted by Gasteiger charge is -2.19. The summed E-state index contributed by atoms with van der Waals surface area (Å²) in [6, 6.07) is 14.6. The highest BCUT2D eigenvalue weighted by Gasteiger charge is 2.49. The van der Waals surface area contributed by atoms with E-state index in [1.807, 2.05) is 39.7 Å². The van der Waals surface area contributed by atoms with Gasteiger partial charge in [0.25, 0.3) is 5.69 Å². The molecule has 0 aliphatic carbocycles. The van der Waals surface area contributed by atoms with E-state index in [0.717, 1.165) is 37.3 Å². The van der Waals surface area contributed by atoms with Crippen LogP contribution in [0.25, 0.3) is 0 Å². The number of nitrogens with zero attached hydrogens (tertiary/aromatic N) is 3. The van der Waals surface area contributed by atoms with E-state index in [9.17, 15) is 14.7 Å². The molecule has 2 aliphatic rings. The van der Waals surface area contributed by atoms with E-state index in [0.29, 0.717) is 12.0 Å². The van der Waals surface area contributed by atoms with E-state index in [1.54, 1.807) is 12.1 Å². The number of nitro benzene ring substituents is 1. The van der Waals surface area contributed by atoms with Gasteiger partial charge in [0.05, 0.1) is 11.5 Å². The minimum absolute atomic E-state index is 0.0951. The summed E-state index contributed by atoms with van der Waals surface area (Å²) in [5.74, 6) is 0. The summed E-state index contributed by atoms with van der Waals surface area (Å²) < 4.78 is 22.5. The van der Waals surface area contributed by atoms with Crippen molar-refractivity contribution in [2.75, 3.05) is 26.2 Å². The zero-order chi connectivity index (χ0) is 18.1. The third kappa shape index (κ3) is 3.71. The summed E-state index contributed by atoms with van der Waals surface area (Å²) >= 11 is 0. The third-order valence-corrected chi connectivity index (χ3v) is 7.23. The molecule has 4 rings (SSSR count). The van der Waals surface area contributed by atoms with Crippen LogP contribution < -0.4 is 0 Å². The molecular weight excluding hydrogens is 353 g/mol. The molecule has 26 heavy (non-hydrogen) atoms. The zero-order valence-electron chi connectivity index (χ0n) is 14.3. The minimum Gasteiger partial charge on any atom is -0.301 e. The molecule has 7 nitrogen and oxygen atoms in total. The lowest BCUT2D eigenvalue weighted by molar-refractivity contribution is -0.385. The smallest absolute Gasteiger partial charge is 0.301 e. The maximum atomic E-state index is 13.0. The predicted molar refractivity (Wildman–Crippen MR) is 97.9 cm³/mol. The average Bonchev–Trinajstić information content (AvgIpc) is 3.52. The van der Waals surface area contributed by atoms with Crippen molar-refractivity contribution in [2.45, 2.75) is 13.0 Å². The van der Waals surface area contributed by atoms with E-state index in [4.69, 9.17) is 4.52 Å². The normalized spacial score (nSPS) is 17.2. The molecule has 136 valence electrons. The Kier molecular flexibility index (Phi) is 4.63. The Hall–Kier alpha value is -2.05. The maximum Gasteiger partial charge on any atom is 0.346 e. The summed E-state index contributed by atoms with van der Waals surface area (Å²) in [6.07, 6.45) is 0.473. The van der Waals surface area contributed by atoms with Crippen LogP contribution in [0.15, 0.2) is 48.5 Å². The van der Waals surface area contributed by atoms with Crippen molar-refractivity contribution in [3.63, 3.8) is 0 Å². The molecule has 8 heteroatoms. The van der Waals surface area contributed by atoms with Gasteiger partial charge < -0.3 is 4.52 Å². The van der Waals surface area contributed by atoms with Crippen molar-refractivity contribution in [2.24, 2.45) is 0 Å². The van der Waals surface area contributed by atoms with Crippen LogP contribution in [0.5, 0.6) is 0 Å². The molecule has 0 radical (unpaired) electrons. The molecule has 2 heterocycles. The number of hydrogen-bond donors (Lipinski definition) is 0. The molecule has 0 bridgehead atoms. The van der Waals surface area contributed by atoms with Crippen molar-refractivity contribution in [3.8, 4) is 0 Å². The molecule has 2 saturated heterocycles. The average molecular weight is 373 g/mol. The monoisotopic (exact) mass is 373 g/mol. The Morgan fingerprint density at radius 1 is 1.00 bits per heavy atom. The molecule has 2 aromatic rings. The second kappa shape index (κ2) is 6.93. The molecule has 0 atom stereocenters. The molecule has 0 unspecified atom stereocenters. The van der Waals surface area contributed by atoms with Crippen LogP contribution in [-0.4, -0.2) is 40.4 Å². The molecule has 2 aliphatic heterocycles. The summed E-state index contributed by atoms with van der Waals surface area (Å²) in [5, 5.41) is 11.4. The fraction of sp³-hybridized carbons (Fsp3) is 0.333. The van der Waals surface area contributed by atoms with Crippen LogP contribution >= 0.6 is 7.67 Å². The van der Waals surface area contributed by atoms with Gasteiger partial charge in [0, 0.05) is 44.2 Å². The first-order valence-corrected chi connectivity index (χ1v) is 10.1. The second-order valence-electron chi connectivity index (χ2n) is 6.55. The van der Waals surface area contributed by atoms with Crippen LogP contribution in [-0.2, 0) is 22.1 Å². The number of benzene rings is 2. The SMILES string of the molecule is O=[N+]([O-])c1ccc(COP(=O)(N2CC2)N2CC2)cc1Cc1ccccc1. The molecule has 0 N–H and O–H groups in total. The quantitative estimate of drug-likeness (QED) is 0.305. The minimum atomic E-state index is -2.89. The van der Waals surface area contributed by atoms with Gasteiger partial charge in [-0.05, 0) is 23.3 Å². The standard InChI is InChI=1S/C18H20N3O4P/c22-21(23)18-7-6-16(13-17(18)12-15-4-2-1-3-5-15)14-25-26(24,19-8-9-19)20-10-11-20/h1-7,13H,8-12,14H2. The van der Waals surface area contributed by atoms with Crippen molar-refractivity contribution >= 4 is 13.4 Å². The third-order valence-electron chi connectivity index (χ3n) is 4.54. The molecular formula is C18H20N3O4P. The Morgan fingerprint density at radius 3 is 2.23 bits per heavy atom. The first kappa shape index (κ1) is 17.4. The Bertz CT molecular complexity index is 850. The topological polar surface area (TPSA) is 75.5 Å². The lowest BCUT2D eigenvalue weighted by Crippen LogP contribution is -2.08. The highest BCUT2D eigenvalue weighted by Crippen LogP contribution is 2.61. The molecule has 0 amide bonds. The highest BCUT2D eigenvalue weighted by atomic mass is 31.2. The second-order valence-corrected chi connectivity index (χ2v) is 8.92. The first-order chi connectivity index (χ1) is 12.6. The van der Waals surface area contributed by atoms with Gasteiger partial charge in [-0.3, -0.25) is 14.7 Å². The van der Waals surface area contributed by atoms with E-state index in [-0.39, 0.29) is 17.2 Å². The van der Waals surface area contributed by atoms with Crippen LogP contribution in [0.4, 0.5) is 5.69 Å². The van der Waals surface area contributed by atoms with E-state index >= 15 is 0 Å². The first-order valence-electron chi connectivity index (χ1n) is 8.62. The summed E-state index contributed by atoms with van der Waals surface area (Å²) in [6.45, 7) is 3.38. The predicted octanol–water partition coefficient (Wildman–Crippen LogP) is 3.44. The number of nitro groups is 1. The van der Waals surface area contributed by atoms with Gasteiger partial charge in [-0.15, -0.1) is 0 Å². The fourth-order valence-electron chi connectivity index (χ4n) is 2.96. The fourth-order valence-corrected chi connectivity index (χ4v) is 5.15. The van der Waals surface area contributed by atoms with Gasteiger partial charge in [-0.25, -0.2) is 9.34 Å². The van der Waals surface area contributed by atoms with Gasteiger partial charge in [-0.2, -0.15) is 0 Å². The molecule has 2 fully saturated rings. The van der Waals surface area contributed by atoms with E-state index in [1.165, 1.54) is 6.07 Å². The van der Waals surface area contributed by atoms with Crippen molar-refractivity contribution in [1.82, 2.24) is 9.34 Å². The van der Waals surface area contributed by atoms with Crippen LogP contribution in [0.1, 0.15) is 16.7 Å². The van der Waals surface area contributed by atoms with Gasteiger partial charge in [0.1, 0.15) is 0 Å². The molecule has 2 aromatic carbocycles. The van der Waals surface area contributed by atoms with Crippen molar-refractivity contribution in [3.05, 3.63) is 75.3 Å².